The number of benzene rings is 1. The largest absolute Gasteiger partial charge is 0.466 e. The number of rotatable bonds is 3. The van der Waals surface area contributed by atoms with Crippen LogP contribution in [0, 0.1) is 6.92 Å². The Bertz CT molecular complexity index is 380. The normalized spacial score (nSPS) is 10.6. The molecule has 15 heavy (non-hydrogen) atoms. The van der Waals surface area contributed by atoms with Crippen molar-refractivity contribution >= 4 is 12.0 Å². The number of hydrogen-bond acceptors (Lipinski definition) is 3. The van der Waals surface area contributed by atoms with E-state index in [1.54, 1.807) is 6.08 Å². The first-order valence-electron chi connectivity index (χ1n) is 4.63. The molecule has 0 aromatic heterocycles. The number of esters is 1. The summed E-state index contributed by atoms with van der Waals surface area (Å²) in [6.07, 6.45) is 3.07. The number of aliphatic hydroxyl groups excluding tert-OH is 1. The first-order chi connectivity index (χ1) is 7.17. The molecule has 0 radical (unpaired) electrons. The van der Waals surface area contributed by atoms with E-state index in [1.165, 1.54) is 13.2 Å². The summed E-state index contributed by atoms with van der Waals surface area (Å²) in [6.45, 7) is 1.96. The fourth-order valence-corrected chi connectivity index (χ4v) is 1.25. The first-order valence-corrected chi connectivity index (χ1v) is 4.63. The quantitative estimate of drug-likeness (QED) is 0.604. The van der Waals surface area contributed by atoms with Crippen molar-refractivity contribution in [2.45, 2.75) is 13.5 Å². The van der Waals surface area contributed by atoms with Crippen molar-refractivity contribution in [3.05, 3.63) is 41.0 Å². The predicted molar refractivity (Wildman–Crippen MR) is 58.2 cm³/mol. The summed E-state index contributed by atoms with van der Waals surface area (Å²) < 4.78 is 4.49. The summed E-state index contributed by atoms with van der Waals surface area (Å²) in [6, 6.07) is 5.57. The van der Waals surface area contributed by atoms with E-state index < -0.39 is 0 Å². The van der Waals surface area contributed by atoms with Crippen LogP contribution in [0.3, 0.4) is 0 Å². The SMILES string of the molecule is COC(=O)C=Cc1ccc(CO)cc1C. The van der Waals surface area contributed by atoms with Gasteiger partial charge >= 0.3 is 5.97 Å². The highest BCUT2D eigenvalue weighted by atomic mass is 16.5. The Morgan fingerprint density at radius 3 is 2.80 bits per heavy atom. The zero-order valence-electron chi connectivity index (χ0n) is 8.86. The molecule has 0 unspecified atom stereocenters. The van der Waals surface area contributed by atoms with Crippen LogP contribution in [0.25, 0.3) is 6.08 Å². The topological polar surface area (TPSA) is 46.5 Å². The highest BCUT2D eigenvalue weighted by Gasteiger charge is 1.97. The van der Waals surface area contributed by atoms with Gasteiger partial charge in [0.1, 0.15) is 0 Å². The summed E-state index contributed by atoms with van der Waals surface area (Å²) in [7, 11) is 1.34. The van der Waals surface area contributed by atoms with Gasteiger partial charge in [-0.3, -0.25) is 0 Å². The van der Waals surface area contributed by atoms with Gasteiger partial charge in [-0.1, -0.05) is 18.2 Å². The van der Waals surface area contributed by atoms with Gasteiger partial charge in [-0.2, -0.15) is 0 Å². The van der Waals surface area contributed by atoms with Crippen molar-refractivity contribution in [3.8, 4) is 0 Å². The van der Waals surface area contributed by atoms with Crippen LogP contribution in [0.5, 0.6) is 0 Å². The summed E-state index contributed by atoms with van der Waals surface area (Å²) >= 11 is 0. The van der Waals surface area contributed by atoms with Gasteiger partial charge in [-0.05, 0) is 29.7 Å². The lowest BCUT2D eigenvalue weighted by Crippen LogP contribution is -1.94. The van der Waals surface area contributed by atoms with Gasteiger partial charge in [0.25, 0.3) is 0 Å². The highest BCUT2D eigenvalue weighted by molar-refractivity contribution is 5.87. The van der Waals surface area contributed by atoms with E-state index >= 15 is 0 Å². The lowest BCUT2D eigenvalue weighted by atomic mass is 10.1. The molecule has 0 fully saturated rings. The van der Waals surface area contributed by atoms with Gasteiger partial charge in [-0.25, -0.2) is 4.79 Å². The van der Waals surface area contributed by atoms with Crippen LogP contribution in [0.4, 0.5) is 0 Å². The zero-order valence-corrected chi connectivity index (χ0v) is 8.86. The van der Waals surface area contributed by atoms with Crippen molar-refractivity contribution in [3.63, 3.8) is 0 Å². The van der Waals surface area contributed by atoms with Crippen LogP contribution in [-0.4, -0.2) is 18.2 Å². The summed E-state index contributed by atoms with van der Waals surface area (Å²) in [5.41, 5.74) is 2.82. The van der Waals surface area contributed by atoms with Crippen molar-refractivity contribution in [1.29, 1.82) is 0 Å². The van der Waals surface area contributed by atoms with E-state index in [-0.39, 0.29) is 12.6 Å². The van der Waals surface area contributed by atoms with Gasteiger partial charge in [0.2, 0.25) is 0 Å². The maximum atomic E-state index is 10.9. The molecule has 0 heterocycles. The highest BCUT2D eigenvalue weighted by Crippen LogP contribution is 2.12. The second-order valence-corrected chi connectivity index (χ2v) is 3.21. The summed E-state index contributed by atoms with van der Waals surface area (Å²) in [4.78, 5) is 10.9. The molecule has 80 valence electrons. The molecule has 1 aromatic carbocycles. The van der Waals surface area contributed by atoms with Crippen molar-refractivity contribution in [1.82, 2.24) is 0 Å². The third-order valence-electron chi connectivity index (χ3n) is 2.12. The first kappa shape index (κ1) is 11.5. The van der Waals surface area contributed by atoms with Gasteiger partial charge in [-0.15, -0.1) is 0 Å². The van der Waals surface area contributed by atoms with Crippen LogP contribution in [0.1, 0.15) is 16.7 Å². The number of ether oxygens (including phenoxy) is 1. The molecule has 0 spiro atoms. The van der Waals surface area contributed by atoms with Gasteiger partial charge in [0.15, 0.2) is 0 Å². The van der Waals surface area contributed by atoms with E-state index in [1.807, 2.05) is 25.1 Å². The van der Waals surface area contributed by atoms with Crippen molar-refractivity contribution in [2.75, 3.05) is 7.11 Å². The second-order valence-electron chi connectivity index (χ2n) is 3.21. The van der Waals surface area contributed by atoms with Crippen molar-refractivity contribution < 1.29 is 14.6 Å². The minimum absolute atomic E-state index is 0.0296. The maximum Gasteiger partial charge on any atom is 0.330 e. The summed E-state index contributed by atoms with van der Waals surface area (Å²) in [5.74, 6) is -0.374. The molecule has 3 nitrogen and oxygen atoms in total. The fourth-order valence-electron chi connectivity index (χ4n) is 1.25. The maximum absolute atomic E-state index is 10.9. The number of carbonyl (C=O) groups excluding carboxylic acids is 1. The van der Waals surface area contributed by atoms with E-state index in [0.717, 1.165) is 16.7 Å². The predicted octanol–water partition coefficient (Wildman–Crippen LogP) is 1.67. The minimum Gasteiger partial charge on any atom is -0.466 e. The minimum atomic E-state index is -0.374. The monoisotopic (exact) mass is 206 g/mol. The smallest absolute Gasteiger partial charge is 0.330 e. The molecule has 1 rings (SSSR count). The van der Waals surface area contributed by atoms with Crippen LogP contribution in [0.15, 0.2) is 24.3 Å². The molecule has 0 atom stereocenters. The molecule has 0 bridgehead atoms. The fraction of sp³-hybridized carbons (Fsp3) is 0.250. The molecule has 0 saturated heterocycles. The second kappa shape index (κ2) is 5.32. The van der Waals surface area contributed by atoms with Crippen LogP contribution < -0.4 is 0 Å². The molecule has 1 aromatic rings. The third-order valence-corrected chi connectivity index (χ3v) is 2.12. The molecule has 0 aliphatic rings. The van der Waals surface area contributed by atoms with E-state index in [4.69, 9.17) is 5.11 Å². The average Bonchev–Trinajstić information content (AvgIpc) is 2.26. The number of methoxy groups -OCH3 is 1. The molecule has 0 aliphatic heterocycles. The van der Waals surface area contributed by atoms with Crippen LogP contribution >= 0.6 is 0 Å². The lowest BCUT2D eigenvalue weighted by Gasteiger charge is -2.02. The number of aliphatic hydroxyl groups is 1. The summed E-state index contributed by atoms with van der Waals surface area (Å²) in [5, 5.41) is 8.92. The van der Waals surface area contributed by atoms with Gasteiger partial charge in [0.05, 0.1) is 13.7 Å². The Morgan fingerprint density at radius 2 is 2.27 bits per heavy atom. The van der Waals surface area contributed by atoms with Crippen LogP contribution in [0.2, 0.25) is 0 Å². The molecule has 1 N–H and O–H groups in total. The Balaban J connectivity index is 2.87. The van der Waals surface area contributed by atoms with E-state index in [2.05, 4.69) is 4.74 Å². The average molecular weight is 206 g/mol. The van der Waals surface area contributed by atoms with Gasteiger partial charge < -0.3 is 9.84 Å². The standard InChI is InChI=1S/C12H14O3/c1-9-7-10(8-13)3-4-11(9)5-6-12(14)15-2/h3-7,13H,8H2,1-2H3. The van der Waals surface area contributed by atoms with E-state index in [9.17, 15) is 4.79 Å². The molecular formula is C12H14O3. The van der Waals surface area contributed by atoms with Gasteiger partial charge in [0, 0.05) is 6.08 Å². The van der Waals surface area contributed by atoms with E-state index in [0.29, 0.717) is 0 Å². The molecule has 3 heteroatoms. The Hall–Kier alpha value is -1.61. The van der Waals surface area contributed by atoms with Crippen molar-refractivity contribution in [2.24, 2.45) is 0 Å². The Morgan fingerprint density at radius 1 is 1.53 bits per heavy atom. The molecule has 0 saturated carbocycles. The molecular weight excluding hydrogens is 192 g/mol. The Labute approximate surface area is 89.0 Å². The van der Waals surface area contributed by atoms with Crippen LogP contribution in [-0.2, 0) is 16.1 Å². The number of carbonyl (C=O) groups is 1. The molecule has 0 aliphatic carbocycles. The third kappa shape index (κ3) is 3.22. The Kier molecular flexibility index (Phi) is 4.06. The number of hydrogen-bond donors (Lipinski definition) is 1. The molecule has 0 amide bonds. The lowest BCUT2D eigenvalue weighted by molar-refractivity contribution is -0.134. The number of aryl methyl sites for hydroxylation is 1. The zero-order chi connectivity index (χ0) is 11.3.